The van der Waals surface area contributed by atoms with Crippen molar-refractivity contribution in [3.8, 4) is 0 Å². The Balaban J connectivity index is 0.00000220. The van der Waals surface area contributed by atoms with E-state index < -0.39 is 0 Å². The summed E-state index contributed by atoms with van der Waals surface area (Å²) in [5.41, 5.74) is 6.47. The van der Waals surface area contributed by atoms with Crippen LogP contribution in [0.15, 0.2) is 47.6 Å². The Kier molecular flexibility index (Phi) is 6.66. The van der Waals surface area contributed by atoms with Crippen molar-refractivity contribution in [1.29, 1.82) is 0 Å². The van der Waals surface area contributed by atoms with Gasteiger partial charge in [0, 0.05) is 6.54 Å². The summed E-state index contributed by atoms with van der Waals surface area (Å²) in [4.78, 5) is 5.64. The van der Waals surface area contributed by atoms with Gasteiger partial charge in [-0.05, 0) is 35.2 Å². The highest BCUT2D eigenvalue weighted by atomic mass is 35.5. The van der Waals surface area contributed by atoms with E-state index in [1.54, 1.807) is 6.21 Å². The molecule has 0 fully saturated rings. The molecule has 2 aromatic carbocycles. The number of nitrogens with two attached hydrogens (primary N) is 1. The van der Waals surface area contributed by atoms with E-state index >= 15 is 0 Å². The molecule has 21 heavy (non-hydrogen) atoms. The maximum atomic E-state index is 5.78. The lowest BCUT2D eigenvalue weighted by Crippen LogP contribution is -2.38. The van der Waals surface area contributed by atoms with Gasteiger partial charge in [0.15, 0.2) is 0 Å². The van der Waals surface area contributed by atoms with Gasteiger partial charge < -0.3 is 10.6 Å². The predicted octanol–water partition coefficient (Wildman–Crippen LogP) is 4.13. The van der Waals surface area contributed by atoms with Crippen molar-refractivity contribution in [2.45, 2.75) is 32.3 Å². The van der Waals surface area contributed by atoms with Crippen LogP contribution in [0, 0.1) is 0 Å². The topological polar surface area (TPSA) is 47.6 Å². The average Bonchev–Trinajstić information content (AvgIpc) is 2.52. The fraction of sp³-hybridized carbons (Fsp3) is 0.353. The van der Waals surface area contributed by atoms with E-state index in [4.69, 9.17) is 10.6 Å². The minimum Gasteiger partial charge on any atom is -0.388 e. The van der Waals surface area contributed by atoms with Crippen LogP contribution in [0.25, 0.3) is 10.8 Å². The molecule has 0 aliphatic heterocycles. The average molecular weight is 307 g/mol. The van der Waals surface area contributed by atoms with Crippen LogP contribution in [0.2, 0.25) is 0 Å². The van der Waals surface area contributed by atoms with E-state index in [0.29, 0.717) is 6.54 Å². The summed E-state index contributed by atoms with van der Waals surface area (Å²) < 4.78 is 0. The monoisotopic (exact) mass is 306 g/mol. The van der Waals surface area contributed by atoms with Crippen molar-refractivity contribution in [3.05, 3.63) is 48.0 Å². The van der Waals surface area contributed by atoms with Gasteiger partial charge in [0.05, 0.1) is 6.21 Å². The van der Waals surface area contributed by atoms with E-state index in [2.05, 4.69) is 43.3 Å². The van der Waals surface area contributed by atoms with Gasteiger partial charge >= 0.3 is 0 Å². The van der Waals surface area contributed by atoms with Gasteiger partial charge in [0.25, 0.3) is 0 Å². The third-order valence-corrected chi connectivity index (χ3v) is 3.88. The molecular formula is C17H23ClN2O. The first-order valence-corrected chi connectivity index (χ1v) is 7.13. The summed E-state index contributed by atoms with van der Waals surface area (Å²) in [5, 5.41) is 6.56. The first-order valence-electron chi connectivity index (χ1n) is 7.13. The SMILES string of the molecule is CCC(CC)(CN)O/N=C/c1ccc2ccccc2c1.Cl. The summed E-state index contributed by atoms with van der Waals surface area (Å²) in [6.45, 7) is 4.62. The van der Waals surface area contributed by atoms with Crippen LogP contribution >= 0.6 is 12.4 Å². The van der Waals surface area contributed by atoms with Crippen LogP contribution < -0.4 is 5.73 Å². The maximum absolute atomic E-state index is 5.78. The normalized spacial score (nSPS) is 11.6. The molecule has 2 rings (SSSR count). The number of hydrogen-bond donors (Lipinski definition) is 1. The summed E-state index contributed by atoms with van der Waals surface area (Å²) in [6.07, 6.45) is 3.46. The van der Waals surface area contributed by atoms with Crippen molar-refractivity contribution in [1.82, 2.24) is 0 Å². The lowest BCUT2D eigenvalue weighted by atomic mass is 9.98. The van der Waals surface area contributed by atoms with Gasteiger partial charge in [-0.2, -0.15) is 0 Å². The van der Waals surface area contributed by atoms with Gasteiger partial charge in [-0.15, -0.1) is 12.4 Å². The highest BCUT2D eigenvalue weighted by Crippen LogP contribution is 2.19. The second-order valence-corrected chi connectivity index (χ2v) is 5.03. The Labute approximate surface area is 132 Å². The molecule has 0 saturated carbocycles. The summed E-state index contributed by atoms with van der Waals surface area (Å²) in [5.74, 6) is 0. The zero-order chi connectivity index (χ0) is 14.4. The largest absolute Gasteiger partial charge is 0.388 e. The van der Waals surface area contributed by atoms with Crippen molar-refractivity contribution < 1.29 is 4.84 Å². The fourth-order valence-corrected chi connectivity index (χ4v) is 2.19. The van der Waals surface area contributed by atoms with Crippen LogP contribution in [0.4, 0.5) is 0 Å². The smallest absolute Gasteiger partial charge is 0.149 e. The highest BCUT2D eigenvalue weighted by molar-refractivity contribution is 5.90. The third kappa shape index (κ3) is 4.19. The number of fused-ring (bicyclic) bond motifs is 1. The predicted molar refractivity (Wildman–Crippen MR) is 92.2 cm³/mol. The molecule has 0 amide bonds. The Bertz CT molecular complexity index is 586. The van der Waals surface area contributed by atoms with Crippen molar-refractivity contribution >= 4 is 29.4 Å². The fourth-order valence-electron chi connectivity index (χ4n) is 2.19. The number of benzene rings is 2. The molecule has 0 bridgehead atoms. The van der Waals surface area contributed by atoms with E-state index in [-0.39, 0.29) is 18.0 Å². The molecule has 0 unspecified atom stereocenters. The second kappa shape index (κ2) is 8.01. The highest BCUT2D eigenvalue weighted by Gasteiger charge is 2.26. The minimum atomic E-state index is -0.340. The van der Waals surface area contributed by atoms with Crippen molar-refractivity contribution in [2.75, 3.05) is 6.54 Å². The summed E-state index contributed by atoms with van der Waals surface area (Å²) >= 11 is 0. The van der Waals surface area contributed by atoms with Crippen molar-refractivity contribution in [3.63, 3.8) is 0 Å². The lowest BCUT2D eigenvalue weighted by Gasteiger charge is -2.26. The molecule has 0 aliphatic carbocycles. The molecule has 0 radical (unpaired) electrons. The molecule has 0 heterocycles. The number of halogens is 1. The first kappa shape index (κ1) is 17.5. The third-order valence-electron chi connectivity index (χ3n) is 3.88. The van der Waals surface area contributed by atoms with E-state index in [0.717, 1.165) is 18.4 Å². The van der Waals surface area contributed by atoms with Crippen LogP contribution in [0.1, 0.15) is 32.3 Å². The van der Waals surface area contributed by atoms with Crippen LogP contribution in [0.3, 0.4) is 0 Å². The maximum Gasteiger partial charge on any atom is 0.149 e. The number of oxime groups is 1. The summed E-state index contributed by atoms with van der Waals surface area (Å²) in [7, 11) is 0. The van der Waals surface area contributed by atoms with E-state index in [9.17, 15) is 0 Å². The molecule has 2 aromatic rings. The van der Waals surface area contributed by atoms with Crippen molar-refractivity contribution in [2.24, 2.45) is 10.9 Å². The Morgan fingerprint density at radius 3 is 2.38 bits per heavy atom. The number of rotatable bonds is 6. The van der Waals surface area contributed by atoms with E-state index in [1.807, 2.05) is 18.2 Å². The zero-order valence-electron chi connectivity index (χ0n) is 12.6. The lowest BCUT2D eigenvalue weighted by molar-refractivity contribution is -0.0410. The Hall–Kier alpha value is -1.58. The van der Waals surface area contributed by atoms with E-state index in [1.165, 1.54) is 10.8 Å². The molecular weight excluding hydrogens is 284 g/mol. The van der Waals surface area contributed by atoms with Gasteiger partial charge in [0.1, 0.15) is 5.60 Å². The standard InChI is InChI=1S/C17H22N2O.ClH/c1-3-17(4-2,13-18)20-19-12-14-9-10-15-7-5-6-8-16(15)11-14;/h5-12H,3-4,13,18H2,1-2H3;1H/b19-12+;. The molecule has 0 aliphatic rings. The Morgan fingerprint density at radius 2 is 1.76 bits per heavy atom. The molecule has 0 aromatic heterocycles. The first-order chi connectivity index (χ1) is 9.73. The number of hydrogen-bond acceptors (Lipinski definition) is 3. The van der Waals surface area contributed by atoms with Gasteiger partial charge in [0.2, 0.25) is 0 Å². The quantitative estimate of drug-likeness (QED) is 0.644. The molecule has 2 N–H and O–H groups in total. The summed E-state index contributed by atoms with van der Waals surface area (Å²) in [6, 6.07) is 14.5. The molecule has 0 atom stereocenters. The van der Waals surface area contributed by atoms with Gasteiger partial charge in [-0.1, -0.05) is 55.4 Å². The van der Waals surface area contributed by atoms with Crippen LogP contribution in [-0.2, 0) is 4.84 Å². The number of nitrogens with zero attached hydrogens (tertiary/aromatic N) is 1. The second-order valence-electron chi connectivity index (χ2n) is 5.03. The molecule has 4 heteroatoms. The van der Waals surface area contributed by atoms with Gasteiger partial charge in [-0.25, -0.2) is 0 Å². The Morgan fingerprint density at radius 1 is 1.10 bits per heavy atom. The molecule has 0 saturated heterocycles. The van der Waals surface area contributed by atoms with Crippen LogP contribution in [-0.4, -0.2) is 18.4 Å². The molecule has 114 valence electrons. The molecule has 3 nitrogen and oxygen atoms in total. The van der Waals surface area contributed by atoms with Crippen LogP contribution in [0.5, 0.6) is 0 Å². The van der Waals surface area contributed by atoms with Gasteiger partial charge in [-0.3, -0.25) is 0 Å². The molecule has 0 spiro atoms. The zero-order valence-corrected chi connectivity index (χ0v) is 13.4. The minimum absolute atomic E-state index is 0.